The number of rotatable bonds is 1. The monoisotopic (exact) mass is 223 g/mol. The summed E-state index contributed by atoms with van der Waals surface area (Å²) in [4.78, 5) is 9.15. The van der Waals surface area contributed by atoms with Gasteiger partial charge in [0.15, 0.2) is 0 Å². The van der Waals surface area contributed by atoms with Crippen molar-refractivity contribution in [3.8, 4) is 0 Å². The van der Waals surface area contributed by atoms with Gasteiger partial charge in [0.25, 0.3) is 0 Å². The fraction of sp³-hybridized carbons (Fsp3) is 0.250. The SMILES string of the molecule is Cc1cc([N+](=O)[O-])c(F)cc1C(F)(F)F. The topological polar surface area (TPSA) is 43.1 Å². The van der Waals surface area contributed by atoms with Gasteiger partial charge in [0.05, 0.1) is 10.5 Å². The molecule has 0 spiro atoms. The normalized spacial score (nSPS) is 11.5. The van der Waals surface area contributed by atoms with E-state index < -0.39 is 28.2 Å². The second-order valence-electron chi connectivity index (χ2n) is 2.87. The molecular formula is C8H5F4NO2. The van der Waals surface area contributed by atoms with Gasteiger partial charge in [-0.1, -0.05) is 0 Å². The molecule has 1 rings (SSSR count). The Bertz CT molecular complexity index is 414. The molecule has 3 nitrogen and oxygen atoms in total. The highest BCUT2D eigenvalue weighted by Crippen LogP contribution is 2.34. The lowest BCUT2D eigenvalue weighted by molar-refractivity contribution is -0.387. The lowest BCUT2D eigenvalue weighted by atomic mass is 10.1. The van der Waals surface area contributed by atoms with Crippen molar-refractivity contribution in [1.82, 2.24) is 0 Å². The summed E-state index contributed by atoms with van der Waals surface area (Å²) in [5.74, 6) is -1.49. The molecule has 0 aliphatic heterocycles. The van der Waals surface area contributed by atoms with Crippen molar-refractivity contribution in [3.63, 3.8) is 0 Å². The molecule has 0 heterocycles. The highest BCUT2D eigenvalue weighted by molar-refractivity contribution is 5.41. The summed E-state index contributed by atoms with van der Waals surface area (Å²) >= 11 is 0. The maximum atomic E-state index is 12.9. The molecular weight excluding hydrogens is 218 g/mol. The van der Waals surface area contributed by atoms with E-state index in [-0.39, 0.29) is 11.6 Å². The van der Waals surface area contributed by atoms with Crippen LogP contribution in [0.5, 0.6) is 0 Å². The lowest BCUT2D eigenvalue weighted by Gasteiger charge is -2.09. The largest absolute Gasteiger partial charge is 0.416 e. The first kappa shape index (κ1) is 11.4. The third-order valence-electron chi connectivity index (χ3n) is 1.80. The van der Waals surface area contributed by atoms with Crippen LogP contribution in [0.4, 0.5) is 23.2 Å². The van der Waals surface area contributed by atoms with Crippen molar-refractivity contribution in [2.45, 2.75) is 13.1 Å². The molecule has 0 aromatic heterocycles. The number of aryl methyl sites for hydroxylation is 1. The third-order valence-corrected chi connectivity index (χ3v) is 1.80. The van der Waals surface area contributed by atoms with E-state index in [0.29, 0.717) is 6.07 Å². The van der Waals surface area contributed by atoms with Crippen LogP contribution in [0.1, 0.15) is 11.1 Å². The van der Waals surface area contributed by atoms with Gasteiger partial charge in [-0.3, -0.25) is 10.1 Å². The third kappa shape index (κ3) is 2.23. The minimum Gasteiger partial charge on any atom is -0.258 e. The summed E-state index contributed by atoms with van der Waals surface area (Å²) in [7, 11) is 0. The number of hydrogen-bond acceptors (Lipinski definition) is 2. The minimum atomic E-state index is -4.71. The summed E-state index contributed by atoms with van der Waals surface area (Å²) < 4.78 is 49.5. The highest BCUT2D eigenvalue weighted by atomic mass is 19.4. The van der Waals surface area contributed by atoms with E-state index in [2.05, 4.69) is 0 Å². The molecule has 1 aromatic rings. The Kier molecular flexibility index (Phi) is 2.65. The number of alkyl halides is 3. The van der Waals surface area contributed by atoms with Gasteiger partial charge < -0.3 is 0 Å². The average Bonchev–Trinajstić information content (AvgIpc) is 2.06. The summed E-state index contributed by atoms with van der Waals surface area (Å²) in [5, 5.41) is 10.2. The summed E-state index contributed by atoms with van der Waals surface area (Å²) in [6, 6.07) is 0.700. The number of hydrogen-bond donors (Lipinski definition) is 0. The Balaban J connectivity index is 3.39. The smallest absolute Gasteiger partial charge is 0.258 e. The maximum Gasteiger partial charge on any atom is 0.416 e. The van der Waals surface area contributed by atoms with Crippen LogP contribution in [0.3, 0.4) is 0 Å². The Labute approximate surface area is 81.5 Å². The molecule has 0 unspecified atom stereocenters. The second-order valence-corrected chi connectivity index (χ2v) is 2.87. The van der Waals surface area contributed by atoms with Crippen LogP contribution in [0, 0.1) is 22.9 Å². The van der Waals surface area contributed by atoms with Crippen molar-refractivity contribution < 1.29 is 22.5 Å². The van der Waals surface area contributed by atoms with E-state index >= 15 is 0 Å². The number of halogens is 4. The summed E-state index contributed by atoms with van der Waals surface area (Å²) in [6.45, 7) is 1.04. The second kappa shape index (κ2) is 3.48. The van der Waals surface area contributed by atoms with E-state index in [9.17, 15) is 27.7 Å². The molecule has 0 aliphatic rings. The molecule has 7 heteroatoms. The first-order valence-electron chi connectivity index (χ1n) is 3.75. The summed E-state index contributed by atoms with van der Waals surface area (Å²) in [6.07, 6.45) is -4.71. The number of nitro benzene ring substituents is 1. The molecule has 0 aliphatic carbocycles. The lowest BCUT2D eigenvalue weighted by Crippen LogP contribution is -2.09. The van der Waals surface area contributed by atoms with Crippen molar-refractivity contribution >= 4 is 5.69 Å². The average molecular weight is 223 g/mol. The predicted octanol–water partition coefficient (Wildman–Crippen LogP) is 3.06. The number of nitro groups is 1. The van der Waals surface area contributed by atoms with Crippen molar-refractivity contribution in [2.75, 3.05) is 0 Å². The minimum absolute atomic E-state index is 0.132. The Morgan fingerprint density at radius 2 is 1.87 bits per heavy atom. The summed E-state index contributed by atoms with van der Waals surface area (Å²) in [5.41, 5.74) is -2.54. The molecule has 0 bridgehead atoms. The fourth-order valence-corrected chi connectivity index (χ4v) is 1.11. The number of nitrogens with zero attached hydrogens (tertiary/aromatic N) is 1. The van der Waals surface area contributed by atoms with Gasteiger partial charge in [-0.15, -0.1) is 0 Å². The van der Waals surface area contributed by atoms with Gasteiger partial charge in [-0.25, -0.2) is 0 Å². The van der Waals surface area contributed by atoms with Crippen LogP contribution in [0.2, 0.25) is 0 Å². The molecule has 15 heavy (non-hydrogen) atoms. The molecule has 0 atom stereocenters. The molecule has 0 fully saturated rings. The first-order valence-corrected chi connectivity index (χ1v) is 3.75. The molecule has 82 valence electrons. The standard InChI is InChI=1S/C8H5F4NO2/c1-4-2-7(13(14)15)6(9)3-5(4)8(10,11)12/h2-3H,1H3. The quantitative estimate of drug-likeness (QED) is 0.417. The van der Waals surface area contributed by atoms with Gasteiger partial charge in [-0.05, 0) is 18.6 Å². The molecule has 0 N–H and O–H groups in total. The van der Waals surface area contributed by atoms with Crippen LogP contribution in [0.25, 0.3) is 0 Å². The number of benzene rings is 1. The molecule has 1 aromatic carbocycles. The Morgan fingerprint density at radius 1 is 1.33 bits per heavy atom. The highest BCUT2D eigenvalue weighted by Gasteiger charge is 2.34. The van der Waals surface area contributed by atoms with Crippen molar-refractivity contribution in [2.24, 2.45) is 0 Å². The van der Waals surface area contributed by atoms with Gasteiger partial charge in [0.1, 0.15) is 0 Å². The Hall–Kier alpha value is -1.66. The molecule has 0 saturated heterocycles. The van der Waals surface area contributed by atoms with Crippen molar-refractivity contribution in [1.29, 1.82) is 0 Å². The molecule has 0 saturated carbocycles. The van der Waals surface area contributed by atoms with Gasteiger partial charge in [0.2, 0.25) is 5.82 Å². The van der Waals surface area contributed by atoms with Crippen LogP contribution < -0.4 is 0 Å². The van der Waals surface area contributed by atoms with E-state index in [1.807, 2.05) is 0 Å². The van der Waals surface area contributed by atoms with Gasteiger partial charge >= 0.3 is 11.9 Å². The van der Waals surface area contributed by atoms with E-state index in [1.165, 1.54) is 0 Å². The van der Waals surface area contributed by atoms with Crippen LogP contribution >= 0.6 is 0 Å². The first-order chi connectivity index (χ1) is 6.73. The zero-order valence-corrected chi connectivity index (χ0v) is 7.43. The van der Waals surface area contributed by atoms with Gasteiger partial charge in [-0.2, -0.15) is 17.6 Å². The maximum absolute atomic E-state index is 12.9. The molecule has 0 amide bonds. The van der Waals surface area contributed by atoms with E-state index in [0.717, 1.165) is 6.92 Å². The van der Waals surface area contributed by atoms with Crippen molar-refractivity contribution in [3.05, 3.63) is 39.2 Å². The Morgan fingerprint density at radius 3 is 2.27 bits per heavy atom. The zero-order valence-electron chi connectivity index (χ0n) is 7.43. The zero-order chi connectivity index (χ0) is 11.8. The van der Waals surface area contributed by atoms with E-state index in [4.69, 9.17) is 0 Å². The fourth-order valence-electron chi connectivity index (χ4n) is 1.11. The van der Waals surface area contributed by atoms with E-state index in [1.54, 1.807) is 0 Å². The molecule has 0 radical (unpaired) electrons. The predicted molar refractivity (Wildman–Crippen MR) is 42.8 cm³/mol. The van der Waals surface area contributed by atoms with Crippen LogP contribution in [0.15, 0.2) is 12.1 Å². The van der Waals surface area contributed by atoms with Crippen LogP contribution in [-0.4, -0.2) is 4.92 Å². The van der Waals surface area contributed by atoms with Crippen LogP contribution in [-0.2, 0) is 6.18 Å². The van der Waals surface area contributed by atoms with Gasteiger partial charge in [0, 0.05) is 6.07 Å².